The predicted molar refractivity (Wildman–Crippen MR) is 305 cm³/mol. The molecule has 83 heavy (non-hydrogen) atoms. The lowest BCUT2D eigenvalue weighted by Gasteiger charge is -2.28. The van der Waals surface area contributed by atoms with Gasteiger partial charge in [-0.25, -0.2) is 15.8 Å². The van der Waals surface area contributed by atoms with Crippen molar-refractivity contribution < 1.29 is 67.7 Å². The summed E-state index contributed by atoms with van der Waals surface area (Å²) in [5, 5.41) is 50.8. The van der Waals surface area contributed by atoms with Gasteiger partial charge in [0.2, 0.25) is 64.7 Å². The third kappa shape index (κ3) is 28.1. The molecule has 1 aliphatic rings. The fourth-order valence-electron chi connectivity index (χ4n) is 8.53. The molecular formula is C52H88N16O14S. The Bertz CT molecular complexity index is 2360. The molecule has 2 heterocycles. The van der Waals surface area contributed by atoms with E-state index in [-0.39, 0.29) is 75.8 Å². The lowest BCUT2D eigenvalue weighted by Crippen LogP contribution is -2.61. The number of nitrogens with two attached hydrogens (primary N) is 2. The largest absolute Gasteiger partial charge is 0.481 e. The average molecular weight is 1190 g/mol. The number of H-pyrrole nitrogens is 1. The van der Waals surface area contributed by atoms with E-state index in [0.717, 1.165) is 0 Å². The number of nitrogens with zero attached hydrogens (tertiary/aromatic N) is 1. The van der Waals surface area contributed by atoms with Crippen LogP contribution >= 0.6 is 11.8 Å². The van der Waals surface area contributed by atoms with Gasteiger partial charge in [0.1, 0.15) is 42.3 Å². The normalized spacial score (nSPS) is 25.0. The molecule has 9 amide bonds. The van der Waals surface area contributed by atoms with Crippen LogP contribution in [0.25, 0.3) is 0 Å². The van der Waals surface area contributed by atoms with Crippen LogP contribution in [0.1, 0.15) is 131 Å². The van der Waals surface area contributed by atoms with Crippen LogP contribution in [0.3, 0.4) is 0 Å². The summed E-state index contributed by atoms with van der Waals surface area (Å²) in [4.78, 5) is 170. The van der Waals surface area contributed by atoms with E-state index in [4.69, 9.17) is 16.9 Å². The van der Waals surface area contributed by atoms with E-state index in [1.165, 1.54) is 38.1 Å². The number of hydrogen-bond donors (Lipinski definition) is 17. The van der Waals surface area contributed by atoms with Crippen molar-refractivity contribution in [1.82, 2.24) is 68.7 Å². The quantitative estimate of drug-likeness (QED) is 0.0278. The van der Waals surface area contributed by atoms with Gasteiger partial charge in [-0.15, -0.1) is 0 Å². The number of carbonyl (C=O) groups is 12. The highest BCUT2D eigenvalue weighted by atomic mass is 32.2. The minimum absolute atomic E-state index is 0.0269. The fraction of sp³-hybridized carbons (Fsp3) is 0.692. The Morgan fingerprint density at radius 1 is 0.687 bits per heavy atom. The van der Waals surface area contributed by atoms with Gasteiger partial charge in [0.25, 0.3) is 0 Å². The molecule has 19 N–H and O–H groups in total. The summed E-state index contributed by atoms with van der Waals surface area (Å²) in [6, 6.07) is -13.0. The molecular weight excluding hydrogens is 1100 g/mol. The first-order valence-electron chi connectivity index (χ1n) is 27.8. The molecule has 1 fully saturated rings. The van der Waals surface area contributed by atoms with E-state index in [0.29, 0.717) is 37.1 Å². The molecule has 466 valence electrons. The van der Waals surface area contributed by atoms with Crippen LogP contribution < -0.4 is 70.2 Å². The van der Waals surface area contributed by atoms with Gasteiger partial charge in [-0.3, -0.25) is 62.9 Å². The number of ketones is 2. The zero-order chi connectivity index (χ0) is 62.3. The third-order valence-electron chi connectivity index (χ3n) is 13.0. The number of hydrazine groups is 1. The monoisotopic (exact) mass is 1190 g/mol. The summed E-state index contributed by atoms with van der Waals surface area (Å²) in [5.41, 5.74) is 16.9. The Hall–Kier alpha value is -7.25. The standard InChI is InChI=1S/C52H88N16O14S/c1-27(2)21-35-46(77)57-18-11-9-8-10-14-40(71)66-42(30(6)69)51(82)61-32(15-16-41(72)73)43(74)44(75)33(13-12-19-58-52(54)55)67-68-34(17-20-83-7)47(78)60-29(5)45(76)62-36(22-28(3)4)48(79)64-37(23-31-25-56-26-59-31)49(80)65-38(24-39(53)70)50(81)63-35/h25-30,32-38,42,67-69H,8-24H2,1-7H3,(H2,53,70)(H,56,59)(H,57,77)(H,60,78)(H,61,82)(H,62,76)(H,63,81)(H,64,79)(H,65,80)(H,66,71)(H,72,73)(H4,54,55,58)/t29?,30-,32+,33+,34+,35+,36+,37+,38+,42+/m1/s1. The summed E-state index contributed by atoms with van der Waals surface area (Å²) in [6.45, 7) is 9.91. The number of Topliss-reactive ketones (excluding diaryl/α,β-unsaturated/α-hetero) is 2. The number of imidazole rings is 1. The first-order chi connectivity index (χ1) is 39.1. The Kier molecular flexibility index (Phi) is 32.7. The summed E-state index contributed by atoms with van der Waals surface area (Å²) in [5.74, 6) is -11.8. The number of carbonyl (C=O) groups excluding carboxylic acids is 11. The van der Waals surface area contributed by atoms with E-state index >= 15 is 0 Å². The molecule has 2 rings (SSSR count). The number of aliphatic carboxylic acids is 1. The molecule has 0 aliphatic carbocycles. The molecule has 31 heteroatoms. The van der Waals surface area contributed by atoms with Crippen LogP contribution in [-0.2, 0) is 64.0 Å². The van der Waals surface area contributed by atoms with Crippen LogP contribution in [0.2, 0.25) is 0 Å². The maximum Gasteiger partial charge on any atom is 0.303 e. The van der Waals surface area contributed by atoms with E-state index in [9.17, 15) is 67.7 Å². The number of aliphatic hydroxyl groups excluding tert-OH is 1. The summed E-state index contributed by atoms with van der Waals surface area (Å²) in [6.07, 6.45) is 2.53. The summed E-state index contributed by atoms with van der Waals surface area (Å²) < 4.78 is 0. The van der Waals surface area contributed by atoms with Gasteiger partial charge in [0.05, 0.1) is 30.9 Å². The van der Waals surface area contributed by atoms with Crippen molar-refractivity contribution in [3.8, 4) is 0 Å². The molecule has 1 aromatic rings. The lowest BCUT2D eigenvalue weighted by molar-refractivity contribution is -0.142. The van der Waals surface area contributed by atoms with Crippen molar-refractivity contribution in [1.29, 1.82) is 5.41 Å². The van der Waals surface area contributed by atoms with Crippen LogP contribution in [0.4, 0.5) is 0 Å². The number of primary amides is 1. The van der Waals surface area contributed by atoms with Crippen molar-refractivity contribution in [2.45, 2.75) is 192 Å². The molecule has 0 bridgehead atoms. The highest BCUT2D eigenvalue weighted by Crippen LogP contribution is 2.13. The van der Waals surface area contributed by atoms with Crippen molar-refractivity contribution in [2.75, 3.05) is 25.1 Å². The number of aromatic amines is 1. The molecule has 10 atom stereocenters. The maximum atomic E-state index is 14.2. The number of carboxylic acids is 1. The average Bonchev–Trinajstić information content (AvgIpc) is 3.96. The van der Waals surface area contributed by atoms with Crippen molar-refractivity contribution in [2.24, 2.45) is 23.3 Å². The Balaban J connectivity index is 2.67. The second kappa shape index (κ2) is 37.8. The summed E-state index contributed by atoms with van der Waals surface area (Å²) in [7, 11) is 0. The van der Waals surface area contributed by atoms with Gasteiger partial charge < -0.3 is 74.5 Å². The minimum atomic E-state index is -1.77. The lowest BCUT2D eigenvalue weighted by atomic mass is 9.96. The zero-order valence-electron chi connectivity index (χ0n) is 48.4. The SMILES string of the molecule is CSCC[C@@H]1NN[C@@H](CCCNC(=N)N)C(=O)C(=O)[C@H](CCC(=O)O)NC(=O)[C@H]([C@@H](C)O)NC(=O)CCCCCCNC(=O)[C@H](CC(C)C)NC(=O)[C@H](CC(N)=O)NC(=O)[C@H](Cc2cnc[nH]2)NC(=O)[C@H](CC(C)C)NC(=O)C(C)NC1=O. The van der Waals surface area contributed by atoms with Crippen LogP contribution in [0.15, 0.2) is 12.5 Å². The molecule has 0 spiro atoms. The number of amides is 9. The molecule has 30 nitrogen and oxygen atoms in total. The zero-order valence-corrected chi connectivity index (χ0v) is 49.2. The molecule has 0 saturated carbocycles. The minimum Gasteiger partial charge on any atom is -0.481 e. The molecule has 0 radical (unpaired) electrons. The van der Waals surface area contributed by atoms with E-state index in [1.807, 2.05) is 13.8 Å². The van der Waals surface area contributed by atoms with Gasteiger partial charge in [-0.1, -0.05) is 40.5 Å². The van der Waals surface area contributed by atoms with Crippen LogP contribution in [0.5, 0.6) is 0 Å². The topological polar surface area (TPSA) is 482 Å². The van der Waals surface area contributed by atoms with E-state index in [2.05, 4.69) is 68.7 Å². The van der Waals surface area contributed by atoms with E-state index in [1.54, 1.807) is 20.1 Å². The second-order valence-electron chi connectivity index (χ2n) is 21.3. The number of carboxylic acid groups (broad SMARTS) is 1. The van der Waals surface area contributed by atoms with Gasteiger partial charge in [0, 0.05) is 44.2 Å². The molecule has 1 unspecified atom stereocenters. The number of nitrogens with one attached hydrogen (secondary N) is 13. The number of aromatic nitrogens is 2. The van der Waals surface area contributed by atoms with E-state index < -0.39 is 150 Å². The van der Waals surface area contributed by atoms with Crippen LogP contribution in [-0.4, -0.2) is 182 Å². The highest BCUT2D eigenvalue weighted by molar-refractivity contribution is 7.98. The number of aliphatic hydroxyl groups is 1. The first-order valence-corrected chi connectivity index (χ1v) is 29.2. The Morgan fingerprint density at radius 2 is 1.24 bits per heavy atom. The van der Waals surface area contributed by atoms with Gasteiger partial charge in [-0.2, -0.15) is 11.8 Å². The number of guanidine groups is 1. The molecule has 1 aromatic heterocycles. The summed E-state index contributed by atoms with van der Waals surface area (Å²) >= 11 is 1.35. The Morgan fingerprint density at radius 3 is 1.83 bits per heavy atom. The second-order valence-corrected chi connectivity index (χ2v) is 22.3. The van der Waals surface area contributed by atoms with Gasteiger partial charge in [0.15, 0.2) is 5.96 Å². The predicted octanol–water partition coefficient (Wildman–Crippen LogP) is -3.35. The van der Waals surface area contributed by atoms with Crippen LogP contribution in [0, 0.1) is 17.2 Å². The molecule has 0 aromatic carbocycles. The van der Waals surface area contributed by atoms with Crippen molar-refractivity contribution in [3.63, 3.8) is 0 Å². The molecule has 1 aliphatic heterocycles. The Labute approximate surface area is 487 Å². The fourth-order valence-corrected chi connectivity index (χ4v) is 9.00. The number of thioether (sulfide) groups is 1. The van der Waals surface area contributed by atoms with Gasteiger partial charge >= 0.3 is 5.97 Å². The number of rotatable bonds is 19. The van der Waals surface area contributed by atoms with Crippen molar-refractivity contribution >= 4 is 88.4 Å². The highest BCUT2D eigenvalue weighted by Gasteiger charge is 2.37. The molecule has 1 saturated heterocycles. The van der Waals surface area contributed by atoms with Gasteiger partial charge in [-0.05, 0) is 89.1 Å². The first kappa shape index (κ1) is 71.9. The maximum absolute atomic E-state index is 14.2. The number of hydrogen-bond acceptors (Lipinski definition) is 18. The third-order valence-corrected chi connectivity index (χ3v) is 13.6. The smallest absolute Gasteiger partial charge is 0.303 e. The van der Waals surface area contributed by atoms with Crippen molar-refractivity contribution in [3.05, 3.63) is 18.2 Å².